The second-order valence-corrected chi connectivity index (χ2v) is 6.27. The van der Waals surface area contributed by atoms with Crippen LogP contribution in [0.1, 0.15) is 25.7 Å². The highest BCUT2D eigenvalue weighted by molar-refractivity contribution is 6.18. The second-order valence-electron chi connectivity index (χ2n) is 5.89. The Hall–Kier alpha value is -0.490. The number of carbonyl (C=O) groups excluding carboxylic acids is 1. The molecular weight excluding hydrogens is 305 g/mol. The van der Waals surface area contributed by atoms with Gasteiger partial charge in [-0.25, -0.2) is 0 Å². The Morgan fingerprint density at radius 2 is 1.71 bits per heavy atom. The Balaban J connectivity index is 1.95. The average molecular weight is 327 g/mol. The molecule has 0 aromatic heterocycles. The number of alkyl halides is 4. The van der Waals surface area contributed by atoms with E-state index in [1.165, 1.54) is 0 Å². The zero-order valence-corrected chi connectivity index (χ0v) is 12.8. The van der Waals surface area contributed by atoms with Crippen molar-refractivity contribution in [3.63, 3.8) is 0 Å². The molecule has 1 heterocycles. The van der Waals surface area contributed by atoms with Crippen LogP contribution in [0.3, 0.4) is 0 Å². The average Bonchev–Trinajstić information content (AvgIpc) is 2.47. The third-order valence-electron chi connectivity index (χ3n) is 4.59. The smallest absolute Gasteiger partial charge is 0.340 e. The molecular formula is C14H22ClF3N2O. The fraction of sp³-hybridized carbons (Fsp3) is 0.929. The minimum atomic E-state index is -4.26. The molecule has 2 fully saturated rings. The maximum Gasteiger partial charge on any atom is 0.392 e. The summed E-state index contributed by atoms with van der Waals surface area (Å²) in [6.45, 7) is 3.18. The summed E-state index contributed by atoms with van der Waals surface area (Å²) in [4.78, 5) is 16.2. The molecule has 0 bridgehead atoms. The van der Waals surface area contributed by atoms with Crippen molar-refractivity contribution in [1.29, 1.82) is 0 Å². The van der Waals surface area contributed by atoms with Crippen LogP contribution in [0, 0.1) is 11.8 Å². The Morgan fingerprint density at radius 3 is 2.29 bits per heavy atom. The Bertz CT molecular complexity index is 357. The molecule has 1 amide bonds. The molecule has 1 aliphatic carbocycles. The van der Waals surface area contributed by atoms with E-state index in [1.807, 2.05) is 0 Å². The Morgan fingerprint density at radius 1 is 1.10 bits per heavy atom. The van der Waals surface area contributed by atoms with Crippen molar-refractivity contribution in [1.82, 2.24) is 9.80 Å². The van der Waals surface area contributed by atoms with Gasteiger partial charge in [-0.1, -0.05) is 12.8 Å². The number of carbonyl (C=O) groups is 1. The molecule has 7 heteroatoms. The topological polar surface area (TPSA) is 23.6 Å². The fourth-order valence-corrected chi connectivity index (χ4v) is 3.60. The molecule has 3 nitrogen and oxygen atoms in total. The van der Waals surface area contributed by atoms with E-state index in [2.05, 4.69) is 4.90 Å². The first-order valence-corrected chi connectivity index (χ1v) is 8.10. The van der Waals surface area contributed by atoms with Crippen LogP contribution in [-0.4, -0.2) is 60.5 Å². The summed E-state index contributed by atoms with van der Waals surface area (Å²) in [7, 11) is 0. The van der Waals surface area contributed by atoms with Gasteiger partial charge in [0.25, 0.3) is 0 Å². The van der Waals surface area contributed by atoms with Crippen LogP contribution >= 0.6 is 11.6 Å². The minimum Gasteiger partial charge on any atom is -0.340 e. The number of nitrogens with zero attached hydrogens (tertiary/aromatic N) is 2. The summed E-state index contributed by atoms with van der Waals surface area (Å²) in [5, 5.41) is 0. The molecule has 0 spiro atoms. The summed E-state index contributed by atoms with van der Waals surface area (Å²) >= 11 is 5.68. The molecule has 1 saturated carbocycles. The van der Waals surface area contributed by atoms with Gasteiger partial charge in [-0.2, -0.15) is 13.2 Å². The summed E-state index contributed by atoms with van der Waals surface area (Å²) < 4.78 is 39.3. The Labute approximate surface area is 128 Å². The van der Waals surface area contributed by atoms with Crippen molar-refractivity contribution in [2.75, 3.05) is 38.6 Å². The van der Waals surface area contributed by atoms with Crippen molar-refractivity contribution in [3.05, 3.63) is 0 Å². The zero-order chi connectivity index (χ0) is 15.5. The van der Waals surface area contributed by atoms with Crippen molar-refractivity contribution in [2.24, 2.45) is 11.8 Å². The van der Waals surface area contributed by atoms with Gasteiger partial charge in [-0.15, -0.1) is 11.6 Å². The highest BCUT2D eigenvalue weighted by Crippen LogP contribution is 2.42. The molecule has 2 aliphatic rings. The molecule has 122 valence electrons. The van der Waals surface area contributed by atoms with E-state index in [-0.39, 0.29) is 12.3 Å². The third-order valence-corrected chi connectivity index (χ3v) is 4.76. The number of piperazine rings is 1. The van der Waals surface area contributed by atoms with E-state index in [0.717, 1.165) is 13.0 Å². The zero-order valence-electron chi connectivity index (χ0n) is 12.0. The first-order chi connectivity index (χ1) is 9.93. The maximum atomic E-state index is 13.1. The lowest BCUT2D eigenvalue weighted by Crippen LogP contribution is -2.52. The SMILES string of the molecule is O=C(C1CCCCC1C(F)(F)F)N1CCN(CCCl)CC1. The first kappa shape index (κ1) is 16.9. The van der Waals surface area contributed by atoms with Crippen molar-refractivity contribution < 1.29 is 18.0 Å². The number of hydrogen-bond donors (Lipinski definition) is 0. The standard InChI is InChI=1S/C14H22ClF3N2O/c15-5-6-19-7-9-20(10-8-19)13(21)11-3-1-2-4-12(11)14(16,17)18/h11-12H,1-10H2. The molecule has 0 N–H and O–H groups in total. The van der Waals surface area contributed by atoms with Crippen LogP contribution in [0.2, 0.25) is 0 Å². The highest BCUT2D eigenvalue weighted by atomic mass is 35.5. The van der Waals surface area contributed by atoms with E-state index in [0.29, 0.717) is 44.9 Å². The molecule has 2 rings (SSSR count). The van der Waals surface area contributed by atoms with E-state index in [9.17, 15) is 18.0 Å². The largest absolute Gasteiger partial charge is 0.392 e. The van der Waals surface area contributed by atoms with Gasteiger partial charge in [0.05, 0.1) is 5.92 Å². The summed E-state index contributed by atoms with van der Waals surface area (Å²) in [5.41, 5.74) is 0. The normalized spacial score (nSPS) is 28.7. The summed E-state index contributed by atoms with van der Waals surface area (Å²) in [6, 6.07) is 0. The lowest BCUT2D eigenvalue weighted by molar-refractivity contribution is -0.201. The van der Waals surface area contributed by atoms with Crippen LogP contribution < -0.4 is 0 Å². The molecule has 1 saturated heterocycles. The van der Waals surface area contributed by atoms with E-state index >= 15 is 0 Å². The molecule has 2 atom stereocenters. The predicted molar refractivity (Wildman–Crippen MR) is 75.2 cm³/mol. The van der Waals surface area contributed by atoms with E-state index < -0.39 is 18.0 Å². The van der Waals surface area contributed by atoms with Gasteiger partial charge in [0.15, 0.2) is 0 Å². The quantitative estimate of drug-likeness (QED) is 0.745. The lowest BCUT2D eigenvalue weighted by Gasteiger charge is -2.39. The summed E-state index contributed by atoms with van der Waals surface area (Å²) in [6.07, 6.45) is -2.52. The van der Waals surface area contributed by atoms with Crippen molar-refractivity contribution >= 4 is 17.5 Å². The molecule has 21 heavy (non-hydrogen) atoms. The van der Waals surface area contributed by atoms with Crippen molar-refractivity contribution in [3.8, 4) is 0 Å². The predicted octanol–water partition coefficient (Wildman–Crippen LogP) is 2.74. The van der Waals surface area contributed by atoms with Crippen LogP contribution in [0.5, 0.6) is 0 Å². The lowest BCUT2D eigenvalue weighted by atomic mass is 9.78. The number of halogens is 4. The molecule has 2 unspecified atom stereocenters. The summed E-state index contributed by atoms with van der Waals surface area (Å²) in [5.74, 6) is -2.10. The molecule has 0 radical (unpaired) electrons. The van der Waals surface area contributed by atoms with Gasteiger partial charge in [-0.3, -0.25) is 9.69 Å². The first-order valence-electron chi connectivity index (χ1n) is 7.57. The number of hydrogen-bond acceptors (Lipinski definition) is 2. The van der Waals surface area contributed by atoms with Crippen LogP contribution in [0.15, 0.2) is 0 Å². The van der Waals surface area contributed by atoms with E-state index in [1.54, 1.807) is 4.90 Å². The minimum absolute atomic E-state index is 0.0894. The van der Waals surface area contributed by atoms with Crippen molar-refractivity contribution in [2.45, 2.75) is 31.9 Å². The number of amides is 1. The molecule has 0 aromatic carbocycles. The van der Waals surface area contributed by atoms with Crippen LogP contribution in [0.4, 0.5) is 13.2 Å². The van der Waals surface area contributed by atoms with Gasteiger partial charge >= 0.3 is 6.18 Å². The highest BCUT2D eigenvalue weighted by Gasteiger charge is 2.49. The Kier molecular flexibility index (Phi) is 5.77. The second kappa shape index (κ2) is 7.18. The van der Waals surface area contributed by atoms with Gasteiger partial charge in [0.2, 0.25) is 5.91 Å². The van der Waals surface area contributed by atoms with Gasteiger partial charge in [0, 0.05) is 44.5 Å². The van der Waals surface area contributed by atoms with Crippen LogP contribution in [-0.2, 0) is 4.79 Å². The fourth-order valence-electron chi connectivity index (χ4n) is 3.36. The van der Waals surface area contributed by atoms with Crippen LogP contribution in [0.25, 0.3) is 0 Å². The molecule has 1 aliphatic heterocycles. The van der Waals surface area contributed by atoms with E-state index in [4.69, 9.17) is 11.6 Å². The van der Waals surface area contributed by atoms with Gasteiger partial charge in [-0.05, 0) is 12.8 Å². The monoisotopic (exact) mass is 326 g/mol. The third kappa shape index (κ3) is 4.25. The number of rotatable bonds is 3. The van der Waals surface area contributed by atoms with Gasteiger partial charge in [0.1, 0.15) is 0 Å². The maximum absolute atomic E-state index is 13.1. The van der Waals surface area contributed by atoms with Gasteiger partial charge < -0.3 is 4.90 Å². The molecule has 0 aromatic rings.